The fourth-order valence-corrected chi connectivity index (χ4v) is 2.19. The first-order valence-corrected chi connectivity index (χ1v) is 5.21. The monoisotopic (exact) mass is 238 g/mol. The van der Waals surface area contributed by atoms with Crippen molar-refractivity contribution in [1.82, 2.24) is 4.98 Å². The second kappa shape index (κ2) is 3.64. The van der Waals surface area contributed by atoms with Crippen LogP contribution in [-0.2, 0) is 6.18 Å². The van der Waals surface area contributed by atoms with Crippen LogP contribution in [0.25, 0.3) is 0 Å². The number of aliphatic hydroxyl groups excluding tert-OH is 1. The second-order valence-corrected chi connectivity index (χ2v) is 4.47. The highest BCUT2D eigenvalue weighted by Crippen LogP contribution is 2.37. The predicted octanol–water partition coefficient (Wildman–Crippen LogP) is 1.59. The summed E-state index contributed by atoms with van der Waals surface area (Å²) in [7, 11) is 0. The van der Waals surface area contributed by atoms with Gasteiger partial charge in [-0.25, -0.2) is 4.98 Å². The SMILES string of the molecule is OCC1CN(c2ncc(C(F)(F)F)s2)C1. The molecule has 7 heteroatoms. The van der Waals surface area contributed by atoms with Gasteiger partial charge < -0.3 is 10.0 Å². The van der Waals surface area contributed by atoms with Crippen molar-refractivity contribution in [2.75, 3.05) is 24.6 Å². The quantitative estimate of drug-likeness (QED) is 0.850. The van der Waals surface area contributed by atoms with Crippen LogP contribution in [0.5, 0.6) is 0 Å². The molecule has 1 aromatic heterocycles. The minimum atomic E-state index is -4.31. The fourth-order valence-electron chi connectivity index (χ4n) is 1.38. The van der Waals surface area contributed by atoms with Crippen molar-refractivity contribution in [3.63, 3.8) is 0 Å². The Labute approximate surface area is 88.2 Å². The largest absolute Gasteiger partial charge is 0.427 e. The molecule has 1 aliphatic rings. The molecule has 1 N–H and O–H groups in total. The van der Waals surface area contributed by atoms with E-state index in [2.05, 4.69) is 4.98 Å². The van der Waals surface area contributed by atoms with Crippen LogP contribution in [0, 0.1) is 5.92 Å². The highest BCUT2D eigenvalue weighted by Gasteiger charge is 2.35. The van der Waals surface area contributed by atoms with E-state index in [1.807, 2.05) is 0 Å². The van der Waals surface area contributed by atoms with Gasteiger partial charge >= 0.3 is 6.18 Å². The zero-order chi connectivity index (χ0) is 11.1. The summed E-state index contributed by atoms with van der Waals surface area (Å²) in [5.74, 6) is 0.170. The molecular formula is C8H9F3N2OS. The first kappa shape index (κ1) is 10.7. The Morgan fingerprint density at radius 2 is 2.20 bits per heavy atom. The first-order chi connectivity index (χ1) is 7.00. The number of halogens is 3. The van der Waals surface area contributed by atoms with Gasteiger partial charge in [-0.3, -0.25) is 0 Å². The number of aromatic nitrogens is 1. The van der Waals surface area contributed by atoms with Crippen molar-refractivity contribution in [3.8, 4) is 0 Å². The van der Waals surface area contributed by atoms with Crippen LogP contribution in [-0.4, -0.2) is 29.8 Å². The van der Waals surface area contributed by atoms with Gasteiger partial charge in [-0.1, -0.05) is 11.3 Å². The van der Waals surface area contributed by atoms with Crippen molar-refractivity contribution in [3.05, 3.63) is 11.1 Å². The van der Waals surface area contributed by atoms with Crippen LogP contribution < -0.4 is 4.90 Å². The fraction of sp³-hybridized carbons (Fsp3) is 0.625. The van der Waals surface area contributed by atoms with Crippen LogP contribution in [0.15, 0.2) is 6.20 Å². The molecule has 2 rings (SSSR count). The molecule has 84 valence electrons. The van der Waals surface area contributed by atoms with Gasteiger partial charge in [0.05, 0.1) is 6.20 Å². The first-order valence-electron chi connectivity index (χ1n) is 4.39. The van der Waals surface area contributed by atoms with E-state index in [1.165, 1.54) is 0 Å². The van der Waals surface area contributed by atoms with Gasteiger partial charge in [0.1, 0.15) is 4.88 Å². The number of hydrogen-bond donors (Lipinski definition) is 1. The van der Waals surface area contributed by atoms with Crippen LogP contribution in [0.3, 0.4) is 0 Å². The number of nitrogens with zero attached hydrogens (tertiary/aromatic N) is 2. The molecule has 0 amide bonds. The number of aliphatic hydroxyl groups is 1. The summed E-state index contributed by atoms with van der Waals surface area (Å²) in [6.07, 6.45) is -3.45. The lowest BCUT2D eigenvalue weighted by molar-refractivity contribution is -0.134. The summed E-state index contributed by atoms with van der Waals surface area (Å²) in [5.41, 5.74) is 0. The molecular weight excluding hydrogens is 229 g/mol. The van der Waals surface area contributed by atoms with Crippen molar-refractivity contribution in [2.24, 2.45) is 5.92 Å². The van der Waals surface area contributed by atoms with E-state index in [0.29, 0.717) is 29.6 Å². The molecule has 0 radical (unpaired) electrons. The van der Waals surface area contributed by atoms with Gasteiger partial charge in [-0.05, 0) is 0 Å². The predicted molar refractivity (Wildman–Crippen MR) is 49.9 cm³/mol. The number of anilines is 1. The number of rotatable bonds is 2. The van der Waals surface area contributed by atoms with Crippen molar-refractivity contribution >= 4 is 16.5 Å². The summed E-state index contributed by atoms with van der Waals surface area (Å²) >= 11 is 0.644. The van der Waals surface area contributed by atoms with Crippen molar-refractivity contribution in [1.29, 1.82) is 0 Å². The van der Waals surface area contributed by atoms with Crippen LogP contribution >= 0.6 is 11.3 Å². The van der Waals surface area contributed by atoms with E-state index < -0.39 is 11.1 Å². The second-order valence-electron chi connectivity index (χ2n) is 3.46. The standard InChI is InChI=1S/C8H9F3N2OS/c9-8(10,11)6-1-12-7(15-6)13-2-5(3-13)4-14/h1,5,14H,2-4H2. The van der Waals surface area contributed by atoms with Gasteiger partial charge in [0.25, 0.3) is 0 Å². The van der Waals surface area contributed by atoms with E-state index in [0.717, 1.165) is 6.20 Å². The van der Waals surface area contributed by atoms with Gasteiger partial charge in [-0.15, -0.1) is 0 Å². The molecule has 1 aromatic rings. The molecule has 1 fully saturated rings. The lowest BCUT2D eigenvalue weighted by Gasteiger charge is -2.37. The molecule has 3 nitrogen and oxygen atoms in total. The number of alkyl halides is 3. The lowest BCUT2D eigenvalue weighted by Crippen LogP contribution is -2.48. The van der Waals surface area contributed by atoms with Crippen LogP contribution in [0.2, 0.25) is 0 Å². The lowest BCUT2D eigenvalue weighted by atomic mass is 10.0. The van der Waals surface area contributed by atoms with Gasteiger partial charge in [0.15, 0.2) is 5.13 Å². The molecule has 0 aromatic carbocycles. The Balaban J connectivity index is 2.03. The highest BCUT2D eigenvalue weighted by molar-refractivity contribution is 7.15. The number of thiazole rings is 1. The Morgan fingerprint density at radius 3 is 2.67 bits per heavy atom. The van der Waals surface area contributed by atoms with Gasteiger partial charge in [0, 0.05) is 25.6 Å². The molecule has 1 saturated heterocycles. The van der Waals surface area contributed by atoms with Crippen LogP contribution in [0.4, 0.5) is 18.3 Å². The summed E-state index contributed by atoms with van der Waals surface area (Å²) < 4.78 is 36.7. The Hall–Kier alpha value is -0.820. The normalized spacial score (nSPS) is 18.0. The summed E-state index contributed by atoms with van der Waals surface area (Å²) in [5, 5.41) is 9.14. The summed E-state index contributed by atoms with van der Waals surface area (Å²) in [6, 6.07) is 0. The molecule has 2 heterocycles. The maximum absolute atomic E-state index is 12.2. The average molecular weight is 238 g/mol. The third-order valence-electron chi connectivity index (χ3n) is 2.26. The van der Waals surface area contributed by atoms with Crippen LogP contribution in [0.1, 0.15) is 4.88 Å². The molecule has 0 unspecified atom stereocenters. The van der Waals surface area contributed by atoms with E-state index >= 15 is 0 Å². The topological polar surface area (TPSA) is 36.4 Å². The molecule has 0 atom stereocenters. The average Bonchev–Trinajstić information content (AvgIpc) is 2.50. The molecule has 15 heavy (non-hydrogen) atoms. The maximum atomic E-state index is 12.2. The third kappa shape index (κ3) is 2.07. The van der Waals surface area contributed by atoms with E-state index in [1.54, 1.807) is 4.90 Å². The molecule has 0 aliphatic carbocycles. The minimum absolute atomic E-state index is 0.0774. The molecule has 0 spiro atoms. The minimum Gasteiger partial charge on any atom is -0.396 e. The number of hydrogen-bond acceptors (Lipinski definition) is 4. The van der Waals surface area contributed by atoms with Gasteiger partial charge in [-0.2, -0.15) is 13.2 Å². The highest BCUT2D eigenvalue weighted by atomic mass is 32.1. The van der Waals surface area contributed by atoms with E-state index in [4.69, 9.17) is 5.11 Å². The summed E-state index contributed by atoms with van der Waals surface area (Å²) in [6.45, 7) is 1.25. The Kier molecular flexibility index (Phi) is 2.59. The molecule has 0 bridgehead atoms. The smallest absolute Gasteiger partial charge is 0.396 e. The third-order valence-corrected chi connectivity index (χ3v) is 3.36. The molecule has 1 aliphatic heterocycles. The summed E-state index contributed by atoms with van der Waals surface area (Å²) in [4.78, 5) is 4.78. The molecule has 0 saturated carbocycles. The zero-order valence-electron chi connectivity index (χ0n) is 7.66. The van der Waals surface area contributed by atoms with E-state index in [-0.39, 0.29) is 12.5 Å². The van der Waals surface area contributed by atoms with Gasteiger partial charge in [0.2, 0.25) is 0 Å². The Morgan fingerprint density at radius 1 is 1.53 bits per heavy atom. The van der Waals surface area contributed by atoms with E-state index in [9.17, 15) is 13.2 Å². The maximum Gasteiger partial charge on any atom is 0.427 e. The Bertz CT molecular complexity index is 346. The van der Waals surface area contributed by atoms with Crippen molar-refractivity contribution in [2.45, 2.75) is 6.18 Å². The van der Waals surface area contributed by atoms with Crippen molar-refractivity contribution < 1.29 is 18.3 Å². The zero-order valence-corrected chi connectivity index (χ0v) is 8.48.